The fourth-order valence-corrected chi connectivity index (χ4v) is 2.99. The first-order valence-electron chi connectivity index (χ1n) is 9.54. The molecule has 0 spiro atoms. The maximum Gasteiger partial charge on any atom is 0.186 e. The Balaban J connectivity index is 2.02. The molecule has 1 saturated heterocycles. The van der Waals surface area contributed by atoms with Crippen LogP contribution in [0.4, 0.5) is 0 Å². The second kappa shape index (κ2) is 13.0. The zero-order valence-electron chi connectivity index (χ0n) is 15.0. The molecule has 4 N–H and O–H groups in total. The fourth-order valence-electron chi connectivity index (χ4n) is 2.99. The first-order valence-corrected chi connectivity index (χ1v) is 9.54. The van der Waals surface area contributed by atoms with Crippen molar-refractivity contribution in [2.75, 3.05) is 13.2 Å². The second-order valence-electron chi connectivity index (χ2n) is 6.75. The van der Waals surface area contributed by atoms with Crippen LogP contribution in [-0.4, -0.2) is 64.3 Å². The van der Waals surface area contributed by atoms with Crippen LogP contribution in [0, 0.1) is 0 Å². The van der Waals surface area contributed by atoms with Gasteiger partial charge >= 0.3 is 0 Å². The highest BCUT2D eigenvalue weighted by atomic mass is 16.7. The van der Waals surface area contributed by atoms with E-state index in [-0.39, 0.29) is 0 Å². The Kier molecular flexibility index (Phi) is 11.8. The van der Waals surface area contributed by atoms with E-state index in [1.165, 1.54) is 51.4 Å². The largest absolute Gasteiger partial charge is 0.394 e. The van der Waals surface area contributed by atoms with Gasteiger partial charge in [-0.25, -0.2) is 0 Å². The Morgan fingerprint density at radius 1 is 0.750 bits per heavy atom. The van der Waals surface area contributed by atoms with Gasteiger partial charge in [0.15, 0.2) is 6.29 Å². The van der Waals surface area contributed by atoms with Crippen LogP contribution in [0.1, 0.15) is 71.1 Å². The minimum absolute atomic E-state index is 0.428. The van der Waals surface area contributed by atoms with Crippen molar-refractivity contribution >= 4 is 0 Å². The first kappa shape index (κ1) is 21.8. The van der Waals surface area contributed by atoms with Crippen LogP contribution in [0.3, 0.4) is 0 Å². The van der Waals surface area contributed by atoms with E-state index in [1.807, 2.05) is 0 Å². The molecule has 1 heterocycles. The summed E-state index contributed by atoms with van der Waals surface area (Å²) in [4.78, 5) is 0. The zero-order chi connectivity index (χ0) is 17.8. The molecule has 1 unspecified atom stereocenters. The Labute approximate surface area is 145 Å². The van der Waals surface area contributed by atoms with Crippen molar-refractivity contribution in [1.82, 2.24) is 0 Å². The summed E-state index contributed by atoms with van der Waals surface area (Å²) in [7, 11) is 0. The van der Waals surface area contributed by atoms with Gasteiger partial charge in [-0.05, 0) is 6.42 Å². The third-order valence-corrected chi connectivity index (χ3v) is 4.63. The van der Waals surface area contributed by atoms with Gasteiger partial charge in [-0.2, -0.15) is 0 Å². The summed E-state index contributed by atoms with van der Waals surface area (Å²) in [5, 5.41) is 38.3. The minimum atomic E-state index is -1.37. The van der Waals surface area contributed by atoms with Gasteiger partial charge in [0, 0.05) is 6.61 Å². The Morgan fingerprint density at radius 3 is 1.83 bits per heavy atom. The highest BCUT2D eigenvalue weighted by molar-refractivity contribution is 4.88. The second-order valence-corrected chi connectivity index (χ2v) is 6.75. The van der Waals surface area contributed by atoms with E-state index < -0.39 is 37.3 Å². The molecular formula is C18H36O6. The standard InChI is InChI=1S/C18H36O6/c1-2-3-4-5-6-7-8-9-10-11-12-23-18-17(22)16(21)15(20)14(13-19)24-18/h14-22H,2-13H2,1H3/t14-,15-,16+,17-,18?/m1/s1. The molecule has 6 heteroatoms. The molecule has 0 radical (unpaired) electrons. The van der Waals surface area contributed by atoms with Gasteiger partial charge < -0.3 is 29.9 Å². The lowest BCUT2D eigenvalue weighted by atomic mass is 9.99. The molecule has 1 aliphatic heterocycles. The molecule has 1 rings (SSSR count). The average molecular weight is 348 g/mol. The number of rotatable bonds is 13. The highest BCUT2D eigenvalue weighted by Gasteiger charge is 2.43. The summed E-state index contributed by atoms with van der Waals surface area (Å²) in [5.74, 6) is 0. The number of aliphatic hydroxyl groups is 4. The van der Waals surface area contributed by atoms with Crippen LogP contribution >= 0.6 is 0 Å². The average Bonchev–Trinajstić information content (AvgIpc) is 2.59. The smallest absolute Gasteiger partial charge is 0.186 e. The van der Waals surface area contributed by atoms with E-state index in [9.17, 15) is 15.3 Å². The van der Waals surface area contributed by atoms with Gasteiger partial charge in [-0.1, -0.05) is 64.7 Å². The molecule has 0 amide bonds. The van der Waals surface area contributed by atoms with Crippen molar-refractivity contribution in [1.29, 1.82) is 0 Å². The predicted molar refractivity (Wildman–Crippen MR) is 91.6 cm³/mol. The topological polar surface area (TPSA) is 99.4 Å². The molecule has 0 aromatic rings. The van der Waals surface area contributed by atoms with Crippen molar-refractivity contribution in [3.8, 4) is 0 Å². The molecular weight excluding hydrogens is 312 g/mol. The lowest BCUT2D eigenvalue weighted by Gasteiger charge is -2.39. The number of hydrogen-bond donors (Lipinski definition) is 4. The maximum atomic E-state index is 9.84. The van der Waals surface area contributed by atoms with E-state index >= 15 is 0 Å². The zero-order valence-corrected chi connectivity index (χ0v) is 15.0. The van der Waals surface area contributed by atoms with Gasteiger partial charge in [0.25, 0.3) is 0 Å². The first-order chi connectivity index (χ1) is 11.6. The number of unbranched alkanes of at least 4 members (excludes halogenated alkanes) is 9. The molecule has 0 aromatic carbocycles. The molecule has 6 nitrogen and oxygen atoms in total. The minimum Gasteiger partial charge on any atom is -0.394 e. The lowest BCUT2D eigenvalue weighted by Crippen LogP contribution is -2.59. The lowest BCUT2D eigenvalue weighted by molar-refractivity contribution is -0.301. The van der Waals surface area contributed by atoms with Crippen molar-refractivity contribution in [3.63, 3.8) is 0 Å². The fraction of sp³-hybridized carbons (Fsp3) is 1.00. The molecule has 0 aromatic heterocycles. The number of ether oxygens (including phenoxy) is 2. The number of aliphatic hydroxyl groups excluding tert-OH is 4. The van der Waals surface area contributed by atoms with Crippen molar-refractivity contribution in [2.24, 2.45) is 0 Å². The summed E-state index contributed by atoms with van der Waals surface area (Å²) >= 11 is 0. The SMILES string of the molecule is CCCCCCCCCCCCOC1O[C@H](CO)[C@@H](O)[C@H](O)[C@H]1O. The van der Waals surface area contributed by atoms with E-state index in [2.05, 4.69) is 6.92 Å². The quantitative estimate of drug-likeness (QED) is 0.378. The van der Waals surface area contributed by atoms with Gasteiger partial charge in [0.2, 0.25) is 0 Å². The maximum absolute atomic E-state index is 9.84. The van der Waals surface area contributed by atoms with Crippen LogP contribution in [0.15, 0.2) is 0 Å². The van der Waals surface area contributed by atoms with Crippen molar-refractivity contribution in [2.45, 2.75) is 102 Å². The monoisotopic (exact) mass is 348 g/mol. The normalized spacial score (nSPS) is 30.6. The van der Waals surface area contributed by atoms with Crippen LogP contribution in [0.25, 0.3) is 0 Å². The highest BCUT2D eigenvalue weighted by Crippen LogP contribution is 2.22. The Bertz CT molecular complexity index is 299. The van der Waals surface area contributed by atoms with E-state index in [0.29, 0.717) is 6.61 Å². The van der Waals surface area contributed by atoms with Gasteiger partial charge in [-0.15, -0.1) is 0 Å². The molecule has 0 bridgehead atoms. The van der Waals surface area contributed by atoms with E-state index in [1.54, 1.807) is 0 Å². The molecule has 144 valence electrons. The molecule has 1 fully saturated rings. The van der Waals surface area contributed by atoms with Crippen LogP contribution in [0.2, 0.25) is 0 Å². The van der Waals surface area contributed by atoms with Gasteiger partial charge in [0.1, 0.15) is 24.4 Å². The van der Waals surface area contributed by atoms with Crippen LogP contribution in [0.5, 0.6) is 0 Å². The van der Waals surface area contributed by atoms with Crippen molar-refractivity contribution < 1.29 is 29.9 Å². The summed E-state index contributed by atoms with van der Waals surface area (Å²) < 4.78 is 10.8. The summed E-state index contributed by atoms with van der Waals surface area (Å²) in [6.07, 6.45) is 6.37. The van der Waals surface area contributed by atoms with Gasteiger partial charge in [-0.3, -0.25) is 0 Å². The third-order valence-electron chi connectivity index (χ3n) is 4.63. The Morgan fingerprint density at radius 2 is 1.29 bits per heavy atom. The Hall–Kier alpha value is -0.240. The van der Waals surface area contributed by atoms with Crippen molar-refractivity contribution in [3.05, 3.63) is 0 Å². The van der Waals surface area contributed by atoms with E-state index in [4.69, 9.17) is 14.6 Å². The molecule has 0 saturated carbocycles. The molecule has 1 aliphatic rings. The molecule has 24 heavy (non-hydrogen) atoms. The van der Waals surface area contributed by atoms with Crippen LogP contribution < -0.4 is 0 Å². The van der Waals surface area contributed by atoms with Crippen LogP contribution in [-0.2, 0) is 9.47 Å². The molecule has 5 atom stereocenters. The third kappa shape index (κ3) is 7.76. The summed E-state index contributed by atoms with van der Waals surface area (Å²) in [6.45, 7) is 2.23. The predicted octanol–water partition coefficient (Wildman–Crippen LogP) is 1.72. The van der Waals surface area contributed by atoms with Gasteiger partial charge in [0.05, 0.1) is 6.61 Å². The van der Waals surface area contributed by atoms with E-state index in [0.717, 1.165) is 12.8 Å². The summed E-state index contributed by atoms with van der Waals surface area (Å²) in [6, 6.07) is 0. The number of hydrogen-bond acceptors (Lipinski definition) is 6. The molecule has 0 aliphatic carbocycles. The summed E-state index contributed by atoms with van der Waals surface area (Å²) in [5.41, 5.74) is 0.